The van der Waals surface area contributed by atoms with Gasteiger partial charge in [-0.1, -0.05) is 18.2 Å². The number of ether oxygens (including phenoxy) is 2. The molecule has 1 atom stereocenters. The molecule has 0 radical (unpaired) electrons. The Morgan fingerprint density at radius 2 is 2.00 bits per heavy atom. The van der Waals surface area contributed by atoms with E-state index in [1.807, 2.05) is 32.1 Å². The molecule has 2 aliphatic rings. The molecular weight excluding hydrogens is 344 g/mol. The molecule has 1 unspecified atom stereocenters. The van der Waals surface area contributed by atoms with Gasteiger partial charge in [0.05, 0.1) is 11.3 Å². The monoisotopic (exact) mass is 364 g/mol. The number of nitrogens with zero attached hydrogens (tertiary/aromatic N) is 1. The zero-order chi connectivity index (χ0) is 19.0. The van der Waals surface area contributed by atoms with E-state index >= 15 is 0 Å². The Kier molecular flexibility index (Phi) is 4.39. The molecular formula is C21H20N2O4. The Labute approximate surface area is 156 Å². The van der Waals surface area contributed by atoms with Crippen LogP contribution in [0.25, 0.3) is 6.08 Å². The highest BCUT2D eigenvalue weighted by Crippen LogP contribution is 2.32. The van der Waals surface area contributed by atoms with Crippen molar-refractivity contribution in [3.63, 3.8) is 0 Å². The summed E-state index contributed by atoms with van der Waals surface area (Å²) in [5.41, 5.74) is 2.65. The van der Waals surface area contributed by atoms with Crippen LogP contribution in [0.1, 0.15) is 27.9 Å². The first-order valence-corrected chi connectivity index (χ1v) is 8.91. The first-order valence-electron chi connectivity index (χ1n) is 8.91. The first kappa shape index (κ1) is 17.3. The third kappa shape index (κ3) is 3.30. The predicted octanol–water partition coefficient (Wildman–Crippen LogP) is 1.41. The molecule has 2 aliphatic heterocycles. The van der Waals surface area contributed by atoms with Gasteiger partial charge in [-0.15, -0.1) is 0 Å². The van der Waals surface area contributed by atoms with Crippen LogP contribution in [-0.4, -0.2) is 25.2 Å². The van der Waals surface area contributed by atoms with Crippen LogP contribution in [0.2, 0.25) is 0 Å². The largest absolute Gasteiger partial charge is 0.454 e. The van der Waals surface area contributed by atoms with Crippen molar-refractivity contribution in [3.05, 3.63) is 57.6 Å². The molecule has 2 amide bonds. The van der Waals surface area contributed by atoms with Crippen LogP contribution >= 0.6 is 0 Å². The van der Waals surface area contributed by atoms with Crippen molar-refractivity contribution in [1.29, 1.82) is 0 Å². The third-order valence-corrected chi connectivity index (χ3v) is 5.03. The molecule has 0 saturated heterocycles. The lowest BCUT2D eigenvalue weighted by Crippen LogP contribution is -2.37. The normalized spacial score (nSPS) is 17.0. The Bertz CT molecular complexity index is 1060. The fourth-order valence-corrected chi connectivity index (χ4v) is 3.27. The van der Waals surface area contributed by atoms with E-state index in [2.05, 4.69) is 10.3 Å². The second kappa shape index (κ2) is 6.87. The van der Waals surface area contributed by atoms with Crippen molar-refractivity contribution in [2.75, 3.05) is 13.3 Å². The summed E-state index contributed by atoms with van der Waals surface area (Å²) < 4.78 is 10.5. The Hall–Kier alpha value is -3.15. The Balaban J connectivity index is 1.42. The van der Waals surface area contributed by atoms with Crippen LogP contribution in [-0.2, 0) is 4.79 Å². The molecule has 2 heterocycles. The van der Waals surface area contributed by atoms with Gasteiger partial charge in [0.25, 0.3) is 11.8 Å². The fraction of sp³-hybridized carbons (Fsp3) is 0.286. The smallest absolute Gasteiger partial charge is 0.253 e. The molecule has 0 aliphatic carbocycles. The molecule has 0 fully saturated rings. The van der Waals surface area contributed by atoms with Crippen LogP contribution < -0.4 is 25.4 Å². The number of hydrogen-bond donors (Lipinski definition) is 1. The van der Waals surface area contributed by atoms with E-state index < -0.39 is 0 Å². The van der Waals surface area contributed by atoms with Crippen LogP contribution in [0.3, 0.4) is 0 Å². The number of aryl methyl sites for hydroxylation is 1. The van der Waals surface area contributed by atoms with Gasteiger partial charge in [0.2, 0.25) is 6.79 Å². The van der Waals surface area contributed by atoms with E-state index in [4.69, 9.17) is 9.47 Å². The number of nitrogens with one attached hydrogen (secondary N) is 1. The van der Waals surface area contributed by atoms with Gasteiger partial charge in [0.1, 0.15) is 0 Å². The molecule has 2 aromatic carbocycles. The number of carbonyl (C=O) groups is 2. The topological polar surface area (TPSA) is 77.0 Å². The Morgan fingerprint density at radius 3 is 2.85 bits per heavy atom. The van der Waals surface area contributed by atoms with E-state index in [-0.39, 0.29) is 24.5 Å². The van der Waals surface area contributed by atoms with E-state index in [0.717, 1.165) is 21.7 Å². The number of fused-ring (bicyclic) bond motifs is 2. The van der Waals surface area contributed by atoms with Gasteiger partial charge in [-0.05, 0) is 54.8 Å². The average molecular weight is 364 g/mol. The summed E-state index contributed by atoms with van der Waals surface area (Å²) in [6, 6.07) is 9.10. The zero-order valence-electron chi connectivity index (χ0n) is 15.2. The van der Waals surface area contributed by atoms with E-state index in [9.17, 15) is 9.59 Å². The number of hydrogen-bond acceptors (Lipinski definition) is 4. The number of amides is 2. The molecule has 0 aromatic heterocycles. The van der Waals surface area contributed by atoms with Gasteiger partial charge < -0.3 is 14.8 Å². The molecule has 1 N–H and O–H groups in total. The van der Waals surface area contributed by atoms with Crippen molar-refractivity contribution in [2.24, 2.45) is 10.9 Å². The van der Waals surface area contributed by atoms with Crippen molar-refractivity contribution >= 4 is 17.9 Å². The van der Waals surface area contributed by atoms with Crippen LogP contribution in [0.15, 0.2) is 35.3 Å². The van der Waals surface area contributed by atoms with Gasteiger partial charge in [-0.3, -0.25) is 9.59 Å². The highest BCUT2D eigenvalue weighted by Gasteiger charge is 2.20. The molecule has 6 heteroatoms. The summed E-state index contributed by atoms with van der Waals surface area (Å²) in [7, 11) is 0. The molecule has 27 heavy (non-hydrogen) atoms. The summed E-state index contributed by atoms with van der Waals surface area (Å²) in [6.45, 7) is 4.54. The number of benzene rings is 2. The van der Waals surface area contributed by atoms with Crippen molar-refractivity contribution < 1.29 is 19.1 Å². The second-order valence-electron chi connectivity index (χ2n) is 6.78. The van der Waals surface area contributed by atoms with E-state index in [1.165, 1.54) is 0 Å². The molecule has 0 bridgehead atoms. The minimum atomic E-state index is -0.323. The summed E-state index contributed by atoms with van der Waals surface area (Å²) in [5, 5.41) is 4.59. The fourth-order valence-electron chi connectivity index (χ4n) is 3.27. The van der Waals surface area contributed by atoms with E-state index in [1.54, 1.807) is 18.2 Å². The standard InChI is InChI=1S/C21H20N2O4/c1-12-3-4-14-9-16(21(25)23-19(14)13(12)2)7-8-22-20(24)15-5-6-17-18(10-15)27-11-26-17/h3-6,9-10,16H,7-8,11H2,1-2H3,(H,22,24). The van der Waals surface area contributed by atoms with Crippen molar-refractivity contribution in [3.8, 4) is 11.5 Å². The third-order valence-electron chi connectivity index (χ3n) is 5.03. The van der Waals surface area contributed by atoms with Gasteiger partial charge in [0.15, 0.2) is 11.5 Å². The maximum Gasteiger partial charge on any atom is 0.253 e. The van der Waals surface area contributed by atoms with Crippen LogP contribution in [0.4, 0.5) is 0 Å². The van der Waals surface area contributed by atoms with Gasteiger partial charge in [0, 0.05) is 12.1 Å². The SMILES string of the molecule is Cc1ccc2c(c1C)=NC(=O)C(CCNC(=O)c1ccc3c(c1)OCO3)C=2. The summed E-state index contributed by atoms with van der Waals surface area (Å²) in [6.07, 6.45) is 2.45. The lowest BCUT2D eigenvalue weighted by Gasteiger charge is -2.14. The predicted molar refractivity (Wildman–Crippen MR) is 99.2 cm³/mol. The van der Waals surface area contributed by atoms with Crippen molar-refractivity contribution in [2.45, 2.75) is 20.3 Å². The highest BCUT2D eigenvalue weighted by molar-refractivity contribution is 5.95. The summed E-state index contributed by atoms with van der Waals surface area (Å²) in [5.74, 6) is 0.518. The van der Waals surface area contributed by atoms with E-state index in [0.29, 0.717) is 30.0 Å². The summed E-state index contributed by atoms with van der Waals surface area (Å²) in [4.78, 5) is 28.9. The quantitative estimate of drug-likeness (QED) is 0.890. The molecule has 138 valence electrons. The zero-order valence-corrected chi connectivity index (χ0v) is 15.2. The molecule has 4 rings (SSSR count). The van der Waals surface area contributed by atoms with Crippen LogP contribution in [0.5, 0.6) is 11.5 Å². The van der Waals surface area contributed by atoms with Gasteiger partial charge in [-0.25, -0.2) is 4.99 Å². The molecule has 6 nitrogen and oxygen atoms in total. The second-order valence-corrected chi connectivity index (χ2v) is 6.78. The van der Waals surface area contributed by atoms with Crippen LogP contribution in [0, 0.1) is 19.8 Å². The van der Waals surface area contributed by atoms with Gasteiger partial charge in [-0.2, -0.15) is 0 Å². The molecule has 0 spiro atoms. The van der Waals surface area contributed by atoms with Gasteiger partial charge >= 0.3 is 0 Å². The lowest BCUT2D eigenvalue weighted by atomic mass is 9.98. The number of rotatable bonds is 4. The minimum absolute atomic E-state index is 0.159. The lowest BCUT2D eigenvalue weighted by molar-refractivity contribution is -0.120. The maximum absolute atomic E-state index is 12.4. The minimum Gasteiger partial charge on any atom is -0.454 e. The number of carbonyl (C=O) groups excluding carboxylic acids is 2. The average Bonchev–Trinajstić information content (AvgIpc) is 3.13. The summed E-state index contributed by atoms with van der Waals surface area (Å²) >= 11 is 0. The first-order chi connectivity index (χ1) is 13.0. The molecule has 0 saturated carbocycles. The van der Waals surface area contributed by atoms with Crippen molar-refractivity contribution in [1.82, 2.24) is 5.32 Å². The Morgan fingerprint density at radius 1 is 1.19 bits per heavy atom. The molecule has 2 aromatic rings. The maximum atomic E-state index is 12.4. The highest BCUT2D eigenvalue weighted by atomic mass is 16.7.